The van der Waals surface area contributed by atoms with Gasteiger partial charge in [-0.1, -0.05) is 31.6 Å². The molecule has 1 saturated heterocycles. The zero-order chi connectivity index (χ0) is 26.0. The third-order valence-corrected chi connectivity index (χ3v) is 11.9. The van der Waals surface area contributed by atoms with E-state index in [1.165, 1.54) is 12.8 Å². The summed E-state index contributed by atoms with van der Waals surface area (Å²) >= 11 is 0. The maximum Gasteiger partial charge on any atom is 0.164 e. The number of hydrogen-bond donors (Lipinski definition) is 3. The van der Waals surface area contributed by atoms with Crippen LogP contribution in [0.25, 0.3) is 0 Å². The highest BCUT2D eigenvalue weighted by Gasteiger charge is 2.64. The molecule has 5 aliphatic rings. The van der Waals surface area contributed by atoms with Crippen molar-refractivity contribution in [3.8, 4) is 11.5 Å². The number of nitrogens with zero attached hydrogens (tertiary/aromatic N) is 1. The van der Waals surface area contributed by atoms with Crippen molar-refractivity contribution in [2.75, 3.05) is 26.2 Å². The highest BCUT2D eigenvalue weighted by molar-refractivity contribution is 5.52. The van der Waals surface area contributed by atoms with Gasteiger partial charge in [-0.3, -0.25) is 4.90 Å². The molecule has 5 nitrogen and oxygen atoms in total. The highest BCUT2D eigenvalue weighted by atomic mass is 16.5. The van der Waals surface area contributed by atoms with Crippen molar-refractivity contribution in [3.63, 3.8) is 0 Å². The van der Waals surface area contributed by atoms with Crippen molar-refractivity contribution in [2.24, 2.45) is 28.6 Å². The summed E-state index contributed by atoms with van der Waals surface area (Å²) in [6, 6.07) is 3.68. The maximum atomic E-state index is 12.5. The van der Waals surface area contributed by atoms with Crippen LogP contribution in [0.15, 0.2) is 23.8 Å². The van der Waals surface area contributed by atoms with Crippen LogP contribution in [0.4, 0.5) is 0 Å². The van der Waals surface area contributed by atoms with Crippen LogP contribution in [-0.4, -0.2) is 52.6 Å². The number of aliphatic hydroxyl groups excluding tert-OH is 1. The number of benzene rings is 1. The number of aromatic hydroxyl groups is 1. The minimum Gasteiger partial charge on any atom is -0.504 e. The molecule has 6 rings (SSSR count). The molecule has 3 N–H and O–H groups in total. The Balaban J connectivity index is 1.27. The molecule has 1 aromatic rings. The molecule has 204 valence electrons. The van der Waals surface area contributed by atoms with E-state index in [0.29, 0.717) is 30.1 Å². The molecule has 2 unspecified atom stereocenters. The lowest BCUT2D eigenvalue weighted by atomic mass is 9.46. The van der Waals surface area contributed by atoms with E-state index in [1.54, 1.807) is 11.6 Å². The van der Waals surface area contributed by atoms with Crippen LogP contribution in [0.1, 0.15) is 89.2 Å². The molecule has 5 heteroatoms. The summed E-state index contributed by atoms with van der Waals surface area (Å²) in [7, 11) is 0. The second-order valence-electron chi connectivity index (χ2n) is 13.5. The number of phenols is 1. The summed E-state index contributed by atoms with van der Waals surface area (Å²) in [6.07, 6.45) is 12.7. The van der Waals surface area contributed by atoms with E-state index in [-0.39, 0.29) is 22.7 Å². The van der Waals surface area contributed by atoms with Crippen LogP contribution in [0.3, 0.4) is 0 Å². The van der Waals surface area contributed by atoms with Crippen molar-refractivity contribution in [1.29, 1.82) is 0 Å². The minimum absolute atomic E-state index is 0.105. The van der Waals surface area contributed by atoms with Crippen LogP contribution in [0, 0.1) is 35.5 Å². The van der Waals surface area contributed by atoms with E-state index >= 15 is 0 Å². The van der Waals surface area contributed by atoms with Gasteiger partial charge in [-0.15, -0.1) is 0 Å². The number of hydrogen-bond acceptors (Lipinski definition) is 5. The first-order valence-corrected chi connectivity index (χ1v) is 15.0. The SMILES string of the molecule is Cc1c(C2(O)CC[C@H]3[C@@H]4CC=C5CCC(O)C[C@]5(C)[C@@H]4CC[C@@]32C)ccc(O)c1OCCN1CCCC1. The summed E-state index contributed by atoms with van der Waals surface area (Å²) in [5.41, 5.74) is 2.38. The molecule has 0 spiro atoms. The Morgan fingerprint density at radius 3 is 2.59 bits per heavy atom. The Morgan fingerprint density at radius 1 is 1.05 bits per heavy atom. The molecule has 4 aliphatic carbocycles. The fraction of sp³-hybridized carbons (Fsp3) is 0.750. The molecule has 1 heterocycles. The normalized spacial score (nSPS) is 41.6. The van der Waals surface area contributed by atoms with Crippen LogP contribution < -0.4 is 4.74 Å². The van der Waals surface area contributed by atoms with Crippen LogP contribution >= 0.6 is 0 Å². The Hall–Kier alpha value is -1.56. The topological polar surface area (TPSA) is 73.2 Å². The van der Waals surface area contributed by atoms with E-state index in [0.717, 1.165) is 82.1 Å². The molecule has 4 fully saturated rings. The highest BCUT2D eigenvalue weighted by Crippen LogP contribution is 2.69. The average molecular weight is 510 g/mol. The Bertz CT molecular complexity index is 1060. The Labute approximate surface area is 222 Å². The van der Waals surface area contributed by atoms with Gasteiger partial charge in [0.2, 0.25) is 0 Å². The Morgan fingerprint density at radius 2 is 1.81 bits per heavy atom. The largest absolute Gasteiger partial charge is 0.504 e. The predicted octanol–water partition coefficient (Wildman–Crippen LogP) is 5.69. The molecule has 1 aromatic carbocycles. The average Bonchev–Trinajstić information content (AvgIpc) is 3.47. The quantitative estimate of drug-likeness (QED) is 0.445. The van der Waals surface area contributed by atoms with E-state index < -0.39 is 5.60 Å². The standard InChI is InChI=1S/C32H47NO4/c1-21-25(10-11-28(35)29(21)37-19-18-33-16-4-5-17-33)32(36)15-13-27-24-9-7-22-6-8-23(34)20-30(22,2)26(24)12-14-31(27,32)3/h7,10-11,23-24,26-27,34-36H,4-6,8-9,12-20H2,1-3H3/t23?,24-,26-,27+,30+,31+,32?/m1/s1. The number of aliphatic hydroxyl groups is 2. The summed E-state index contributed by atoms with van der Waals surface area (Å²) in [4.78, 5) is 2.42. The summed E-state index contributed by atoms with van der Waals surface area (Å²) < 4.78 is 6.18. The number of fused-ring (bicyclic) bond motifs is 5. The first kappa shape index (κ1) is 25.7. The molecule has 0 amide bonds. The smallest absolute Gasteiger partial charge is 0.164 e. The molecular formula is C32H47NO4. The summed E-state index contributed by atoms with van der Waals surface area (Å²) in [5, 5.41) is 33.8. The number of allylic oxidation sites excluding steroid dienone is 2. The van der Waals surface area contributed by atoms with Gasteiger partial charge in [-0.25, -0.2) is 0 Å². The first-order chi connectivity index (χ1) is 17.7. The number of phenolic OH excluding ortho intramolecular Hbond substituents is 1. The van der Waals surface area contributed by atoms with Crippen molar-refractivity contribution >= 4 is 0 Å². The van der Waals surface area contributed by atoms with E-state index in [4.69, 9.17) is 4.74 Å². The molecule has 0 bridgehead atoms. The van der Waals surface area contributed by atoms with Crippen LogP contribution in [0.5, 0.6) is 11.5 Å². The van der Waals surface area contributed by atoms with Crippen molar-refractivity contribution in [3.05, 3.63) is 34.9 Å². The monoisotopic (exact) mass is 509 g/mol. The molecule has 37 heavy (non-hydrogen) atoms. The zero-order valence-corrected chi connectivity index (χ0v) is 23.1. The van der Waals surface area contributed by atoms with Crippen LogP contribution in [0.2, 0.25) is 0 Å². The van der Waals surface area contributed by atoms with Gasteiger partial charge in [0.1, 0.15) is 6.61 Å². The van der Waals surface area contributed by atoms with Gasteiger partial charge in [-0.05, 0) is 119 Å². The van der Waals surface area contributed by atoms with Gasteiger partial charge in [0.15, 0.2) is 11.5 Å². The number of rotatable bonds is 5. The van der Waals surface area contributed by atoms with Gasteiger partial charge >= 0.3 is 0 Å². The summed E-state index contributed by atoms with van der Waals surface area (Å²) in [5.74, 6) is 2.31. The molecular weight excluding hydrogens is 462 g/mol. The van der Waals surface area contributed by atoms with Gasteiger partial charge in [0.25, 0.3) is 0 Å². The van der Waals surface area contributed by atoms with Gasteiger partial charge in [0, 0.05) is 17.5 Å². The molecule has 3 saturated carbocycles. The second-order valence-corrected chi connectivity index (χ2v) is 13.5. The van der Waals surface area contributed by atoms with Crippen molar-refractivity contribution in [1.82, 2.24) is 4.90 Å². The lowest BCUT2D eigenvalue weighted by Crippen LogP contribution is -2.54. The molecule has 1 aliphatic heterocycles. The third-order valence-electron chi connectivity index (χ3n) is 11.9. The van der Waals surface area contributed by atoms with Gasteiger partial charge < -0.3 is 20.1 Å². The number of ether oxygens (including phenoxy) is 1. The predicted molar refractivity (Wildman–Crippen MR) is 146 cm³/mol. The van der Waals surface area contributed by atoms with E-state index in [1.807, 2.05) is 13.0 Å². The molecule has 0 radical (unpaired) electrons. The second kappa shape index (κ2) is 9.27. The summed E-state index contributed by atoms with van der Waals surface area (Å²) in [6.45, 7) is 10.4. The van der Waals surface area contributed by atoms with Gasteiger partial charge in [-0.2, -0.15) is 0 Å². The lowest BCUT2D eigenvalue weighted by molar-refractivity contribution is -0.131. The molecule has 7 atom stereocenters. The lowest BCUT2D eigenvalue weighted by Gasteiger charge is -2.59. The maximum absolute atomic E-state index is 12.5. The van der Waals surface area contributed by atoms with Gasteiger partial charge in [0.05, 0.1) is 11.7 Å². The van der Waals surface area contributed by atoms with E-state index in [2.05, 4.69) is 24.8 Å². The zero-order valence-electron chi connectivity index (χ0n) is 23.1. The van der Waals surface area contributed by atoms with E-state index in [9.17, 15) is 15.3 Å². The Kier molecular flexibility index (Phi) is 6.44. The minimum atomic E-state index is -0.926. The first-order valence-electron chi connectivity index (χ1n) is 15.0. The van der Waals surface area contributed by atoms with Crippen molar-refractivity contribution in [2.45, 2.75) is 96.7 Å². The third kappa shape index (κ3) is 3.90. The van der Waals surface area contributed by atoms with Crippen LogP contribution in [-0.2, 0) is 5.60 Å². The fourth-order valence-electron chi connectivity index (χ4n) is 9.79. The number of likely N-dealkylation sites (tertiary alicyclic amines) is 1. The van der Waals surface area contributed by atoms with Crippen molar-refractivity contribution < 1.29 is 20.1 Å². The fourth-order valence-corrected chi connectivity index (χ4v) is 9.79. The molecule has 0 aromatic heterocycles.